The number of fused-ring (bicyclic) bond motifs is 2. The van der Waals surface area contributed by atoms with Crippen LogP contribution in [0.25, 0.3) is 0 Å². The maximum absolute atomic E-state index is 13.4. The lowest BCUT2D eigenvalue weighted by molar-refractivity contribution is 0.0974. The van der Waals surface area contributed by atoms with Crippen LogP contribution in [0.1, 0.15) is 38.8 Å². The van der Waals surface area contributed by atoms with Gasteiger partial charge in [-0.2, -0.15) is 0 Å². The molecule has 2 aromatic carbocycles. The van der Waals surface area contributed by atoms with Crippen LogP contribution in [0.3, 0.4) is 0 Å². The first kappa shape index (κ1) is 21.5. The van der Waals surface area contributed by atoms with Crippen LogP contribution in [0.15, 0.2) is 24.3 Å². The number of rotatable bonds is 6. The van der Waals surface area contributed by atoms with E-state index in [1.165, 1.54) is 12.1 Å². The molecule has 0 saturated carbocycles. The maximum Gasteiger partial charge on any atom is 0.200 e. The third-order valence-corrected chi connectivity index (χ3v) is 6.33. The summed E-state index contributed by atoms with van der Waals surface area (Å²) in [5, 5.41) is 33.3. The number of likely N-dealkylation sites (N-methyl/N-ethyl adjacent to an activating group) is 3. The molecule has 0 amide bonds. The predicted octanol–water partition coefficient (Wildman–Crippen LogP) is 1.59. The molecule has 0 bridgehead atoms. The summed E-state index contributed by atoms with van der Waals surface area (Å²) in [5.74, 6) is -2.55. The van der Waals surface area contributed by atoms with Crippen molar-refractivity contribution < 1.29 is 19.8 Å². The fourth-order valence-corrected chi connectivity index (χ4v) is 4.21. The van der Waals surface area contributed by atoms with Crippen LogP contribution in [-0.4, -0.2) is 54.8 Å². The van der Waals surface area contributed by atoms with E-state index >= 15 is 0 Å². The molecule has 6 N–H and O–H groups in total. The van der Waals surface area contributed by atoms with Gasteiger partial charge in [-0.3, -0.25) is 20.2 Å². The van der Waals surface area contributed by atoms with E-state index in [1.807, 2.05) is 14.0 Å². The van der Waals surface area contributed by atoms with Gasteiger partial charge in [0.05, 0.1) is 28.4 Å². The molecule has 0 radical (unpaired) electrons. The third kappa shape index (κ3) is 3.27. The van der Waals surface area contributed by atoms with Crippen molar-refractivity contribution in [3.05, 3.63) is 50.1 Å². The number of phenols is 2. The minimum absolute atomic E-state index is 0.122. The van der Waals surface area contributed by atoms with Gasteiger partial charge in [0, 0.05) is 9.13 Å². The Kier molecular flexibility index (Phi) is 5.86. The van der Waals surface area contributed by atoms with E-state index in [1.54, 1.807) is 26.2 Å². The number of anilines is 1. The Hall–Kier alpha value is -2.21. The summed E-state index contributed by atoms with van der Waals surface area (Å²) in [7, 11) is 5.35. The summed E-state index contributed by atoms with van der Waals surface area (Å²) in [6.07, 6.45) is 0. The molecule has 2 aromatic rings. The van der Waals surface area contributed by atoms with Gasteiger partial charge in [0.1, 0.15) is 11.5 Å². The Labute approximate surface area is 182 Å². The number of phenolic OH excluding ortho intramolecular Hbond substituents is 2. The van der Waals surface area contributed by atoms with Crippen molar-refractivity contribution in [2.75, 3.05) is 26.5 Å². The van der Waals surface area contributed by atoms with Gasteiger partial charge in [0.15, 0.2) is 11.6 Å². The number of hydrogen-bond acceptors (Lipinski definition) is 8. The van der Waals surface area contributed by atoms with Crippen molar-refractivity contribution in [3.8, 4) is 11.5 Å². The topological polar surface area (TPSA) is 123 Å². The van der Waals surface area contributed by atoms with E-state index < -0.39 is 17.4 Å². The second-order valence-electron chi connectivity index (χ2n) is 6.80. The molecule has 29 heavy (non-hydrogen) atoms. The van der Waals surface area contributed by atoms with Gasteiger partial charge in [-0.05, 0) is 74.9 Å². The summed E-state index contributed by atoms with van der Waals surface area (Å²) in [6.45, 7) is 1.95. The number of carbonyl (C=O) groups is 2. The standard InChI is InChI=1S/C20H23IN4O4/c1-9(22-2)20(23-3,24-4)25-17-11(21)6-5-10-14(17)19(29)16-13(27)8-7-12(26)15(16)18(10)28/h5-9,22-27H,1-4H3. The zero-order valence-electron chi connectivity index (χ0n) is 16.5. The van der Waals surface area contributed by atoms with E-state index in [4.69, 9.17) is 0 Å². The minimum atomic E-state index is -0.839. The SMILES string of the molecule is CNC(C)C(NC)(NC)Nc1c(I)ccc2c1C(=O)c1c(O)ccc(O)c1C2=O. The first-order chi connectivity index (χ1) is 13.7. The Bertz CT molecular complexity index is 1000. The smallest absolute Gasteiger partial charge is 0.200 e. The lowest BCUT2D eigenvalue weighted by Crippen LogP contribution is -2.69. The highest BCUT2D eigenvalue weighted by atomic mass is 127. The Morgan fingerprint density at radius 1 is 0.897 bits per heavy atom. The molecule has 1 aliphatic rings. The molecule has 0 aliphatic heterocycles. The van der Waals surface area contributed by atoms with Crippen molar-refractivity contribution >= 4 is 39.8 Å². The van der Waals surface area contributed by atoms with Gasteiger partial charge in [-0.1, -0.05) is 0 Å². The summed E-state index contributed by atoms with van der Waals surface area (Å²) in [6, 6.07) is 5.59. The highest BCUT2D eigenvalue weighted by molar-refractivity contribution is 14.1. The highest BCUT2D eigenvalue weighted by Crippen LogP contribution is 2.41. The predicted molar refractivity (Wildman–Crippen MR) is 119 cm³/mol. The molecule has 0 fully saturated rings. The van der Waals surface area contributed by atoms with Crippen molar-refractivity contribution in [1.29, 1.82) is 0 Å². The van der Waals surface area contributed by atoms with Crippen LogP contribution in [0.5, 0.6) is 11.5 Å². The van der Waals surface area contributed by atoms with Crippen molar-refractivity contribution in [3.63, 3.8) is 0 Å². The van der Waals surface area contributed by atoms with Crippen LogP contribution in [0.4, 0.5) is 5.69 Å². The van der Waals surface area contributed by atoms with Crippen molar-refractivity contribution in [2.24, 2.45) is 0 Å². The summed E-state index contributed by atoms with van der Waals surface area (Å²) in [4.78, 5) is 26.5. The van der Waals surface area contributed by atoms with E-state index in [-0.39, 0.29) is 39.8 Å². The van der Waals surface area contributed by atoms with Gasteiger partial charge in [0.2, 0.25) is 5.78 Å². The second-order valence-corrected chi connectivity index (χ2v) is 7.96. The molecule has 1 atom stereocenters. The van der Waals surface area contributed by atoms with Crippen LogP contribution in [0, 0.1) is 3.57 Å². The summed E-state index contributed by atoms with van der Waals surface area (Å²) >= 11 is 2.09. The molecule has 0 aromatic heterocycles. The van der Waals surface area contributed by atoms with Gasteiger partial charge in [-0.25, -0.2) is 0 Å². The quantitative estimate of drug-likeness (QED) is 0.168. The summed E-state index contributed by atoms with van der Waals surface area (Å²) < 4.78 is 0.726. The van der Waals surface area contributed by atoms with Crippen LogP contribution in [0.2, 0.25) is 0 Å². The molecule has 1 aliphatic carbocycles. The average Bonchev–Trinajstić information content (AvgIpc) is 2.72. The van der Waals surface area contributed by atoms with Crippen molar-refractivity contribution in [1.82, 2.24) is 16.0 Å². The zero-order valence-corrected chi connectivity index (χ0v) is 18.6. The van der Waals surface area contributed by atoms with Crippen molar-refractivity contribution in [2.45, 2.75) is 18.8 Å². The number of aromatic hydroxyl groups is 2. The third-order valence-electron chi connectivity index (χ3n) is 5.44. The molecule has 8 nitrogen and oxygen atoms in total. The number of hydrogen-bond donors (Lipinski definition) is 6. The lowest BCUT2D eigenvalue weighted by Gasteiger charge is -2.41. The number of carbonyl (C=O) groups excluding carboxylic acids is 2. The Balaban J connectivity index is 2.26. The van der Waals surface area contributed by atoms with E-state index in [0.717, 1.165) is 3.57 Å². The van der Waals surface area contributed by atoms with E-state index in [9.17, 15) is 19.8 Å². The fraction of sp³-hybridized carbons (Fsp3) is 0.300. The van der Waals surface area contributed by atoms with Crippen LogP contribution in [-0.2, 0) is 0 Å². The first-order valence-electron chi connectivity index (χ1n) is 9.02. The normalized spacial score (nSPS) is 14.4. The molecule has 0 saturated heterocycles. The number of ketones is 2. The van der Waals surface area contributed by atoms with E-state index in [2.05, 4.69) is 43.9 Å². The molecule has 154 valence electrons. The largest absolute Gasteiger partial charge is 0.507 e. The first-order valence-corrected chi connectivity index (χ1v) is 10.1. The Morgan fingerprint density at radius 3 is 1.97 bits per heavy atom. The zero-order chi connectivity index (χ0) is 21.5. The van der Waals surface area contributed by atoms with Gasteiger partial charge >= 0.3 is 0 Å². The Morgan fingerprint density at radius 2 is 1.45 bits per heavy atom. The number of halogens is 1. The molecule has 0 heterocycles. The van der Waals surface area contributed by atoms with E-state index in [0.29, 0.717) is 5.69 Å². The number of nitrogens with one attached hydrogen (secondary N) is 4. The molecular weight excluding hydrogens is 487 g/mol. The highest BCUT2D eigenvalue weighted by Gasteiger charge is 2.39. The van der Waals surface area contributed by atoms with Gasteiger partial charge < -0.3 is 20.8 Å². The maximum atomic E-state index is 13.4. The number of benzene rings is 2. The minimum Gasteiger partial charge on any atom is -0.507 e. The monoisotopic (exact) mass is 510 g/mol. The second kappa shape index (κ2) is 7.90. The molecular formula is C20H23IN4O4. The van der Waals surface area contributed by atoms with Crippen LogP contribution < -0.4 is 21.3 Å². The molecule has 1 unspecified atom stereocenters. The van der Waals surface area contributed by atoms with Crippen LogP contribution >= 0.6 is 22.6 Å². The van der Waals surface area contributed by atoms with Gasteiger partial charge in [0.25, 0.3) is 0 Å². The lowest BCUT2D eigenvalue weighted by atomic mass is 9.82. The molecule has 3 rings (SSSR count). The average molecular weight is 510 g/mol. The molecule has 9 heteroatoms. The fourth-order valence-electron chi connectivity index (χ4n) is 3.63. The molecule has 0 spiro atoms. The summed E-state index contributed by atoms with van der Waals surface area (Å²) in [5.41, 5.74) is 0.430. The van der Waals surface area contributed by atoms with Gasteiger partial charge in [-0.15, -0.1) is 0 Å².